The lowest BCUT2D eigenvalue weighted by Gasteiger charge is -2.16. The topological polar surface area (TPSA) is 24.9 Å². The first-order valence-electron chi connectivity index (χ1n) is 7.48. The Kier molecular flexibility index (Phi) is 4.09. The van der Waals surface area contributed by atoms with Crippen LogP contribution >= 0.6 is 0 Å². The molecule has 1 fully saturated rings. The molecule has 0 aliphatic heterocycles. The predicted octanol–water partition coefficient (Wildman–Crippen LogP) is 4.05. The van der Waals surface area contributed by atoms with Gasteiger partial charge in [-0.05, 0) is 35.9 Å². The highest BCUT2D eigenvalue weighted by Crippen LogP contribution is 2.18. The van der Waals surface area contributed by atoms with E-state index in [9.17, 15) is 0 Å². The van der Waals surface area contributed by atoms with Gasteiger partial charge in [0.15, 0.2) is 0 Å². The van der Waals surface area contributed by atoms with Crippen LogP contribution in [0, 0.1) is 0 Å². The largest absolute Gasteiger partial charge is 0.310 e. The van der Waals surface area contributed by atoms with Crippen LogP contribution in [0.25, 0.3) is 10.8 Å². The highest BCUT2D eigenvalue weighted by atomic mass is 14.9. The molecule has 0 unspecified atom stereocenters. The van der Waals surface area contributed by atoms with Gasteiger partial charge < -0.3 is 5.32 Å². The number of nitrogens with zero attached hydrogens (tertiary/aromatic N) is 1. The van der Waals surface area contributed by atoms with Gasteiger partial charge in [-0.25, -0.2) is 0 Å². The molecule has 0 saturated heterocycles. The molecule has 2 aromatic rings. The Morgan fingerprint density at radius 3 is 2.68 bits per heavy atom. The van der Waals surface area contributed by atoms with Gasteiger partial charge in [0.1, 0.15) is 0 Å². The second-order valence-corrected chi connectivity index (χ2v) is 5.63. The first-order valence-corrected chi connectivity index (χ1v) is 7.48. The molecule has 1 aliphatic carbocycles. The number of aromatic nitrogens is 1. The first kappa shape index (κ1) is 12.6. The highest BCUT2D eigenvalue weighted by Gasteiger charge is 2.11. The summed E-state index contributed by atoms with van der Waals surface area (Å²) in [5.74, 6) is 0. The quantitative estimate of drug-likeness (QED) is 0.836. The molecular weight excluding hydrogens is 232 g/mol. The average molecular weight is 254 g/mol. The summed E-state index contributed by atoms with van der Waals surface area (Å²) in [5, 5.41) is 6.24. The van der Waals surface area contributed by atoms with Crippen LogP contribution in [0.2, 0.25) is 0 Å². The Labute approximate surface area is 115 Å². The zero-order chi connectivity index (χ0) is 12.9. The molecule has 3 rings (SSSR count). The number of fused-ring (bicyclic) bond motifs is 1. The van der Waals surface area contributed by atoms with Crippen molar-refractivity contribution >= 4 is 10.8 Å². The van der Waals surface area contributed by atoms with Gasteiger partial charge in [0, 0.05) is 30.4 Å². The molecule has 1 saturated carbocycles. The van der Waals surface area contributed by atoms with Gasteiger partial charge in [0.2, 0.25) is 0 Å². The molecule has 0 spiro atoms. The number of hydrogen-bond acceptors (Lipinski definition) is 2. The Morgan fingerprint density at radius 2 is 1.84 bits per heavy atom. The van der Waals surface area contributed by atoms with Gasteiger partial charge in [-0.15, -0.1) is 0 Å². The summed E-state index contributed by atoms with van der Waals surface area (Å²) in [4.78, 5) is 4.16. The van der Waals surface area contributed by atoms with E-state index in [1.807, 2.05) is 12.4 Å². The molecule has 1 aromatic carbocycles. The van der Waals surface area contributed by atoms with E-state index >= 15 is 0 Å². The second-order valence-electron chi connectivity index (χ2n) is 5.63. The van der Waals surface area contributed by atoms with Gasteiger partial charge in [-0.1, -0.05) is 37.8 Å². The summed E-state index contributed by atoms with van der Waals surface area (Å²) in [6, 6.07) is 9.47. The minimum absolute atomic E-state index is 0.718. The predicted molar refractivity (Wildman–Crippen MR) is 80.1 cm³/mol. The van der Waals surface area contributed by atoms with E-state index in [2.05, 4.69) is 34.6 Å². The average Bonchev–Trinajstić information content (AvgIpc) is 2.73. The minimum atomic E-state index is 0.718. The van der Waals surface area contributed by atoms with Gasteiger partial charge >= 0.3 is 0 Å². The maximum absolute atomic E-state index is 4.16. The van der Waals surface area contributed by atoms with E-state index in [1.54, 1.807) is 0 Å². The molecule has 2 heteroatoms. The maximum atomic E-state index is 4.16. The third kappa shape index (κ3) is 3.32. The Balaban J connectivity index is 1.64. The molecule has 0 amide bonds. The summed E-state index contributed by atoms with van der Waals surface area (Å²) in [7, 11) is 0. The van der Waals surface area contributed by atoms with Crippen LogP contribution in [0.4, 0.5) is 0 Å². The summed E-state index contributed by atoms with van der Waals surface area (Å²) in [5.41, 5.74) is 1.38. The minimum Gasteiger partial charge on any atom is -0.310 e. The summed E-state index contributed by atoms with van der Waals surface area (Å²) in [6.07, 6.45) is 12.1. The van der Waals surface area contributed by atoms with E-state index in [4.69, 9.17) is 0 Å². The lowest BCUT2D eigenvalue weighted by atomic mass is 10.1. The molecule has 1 aliphatic rings. The van der Waals surface area contributed by atoms with Crippen molar-refractivity contribution in [2.45, 2.75) is 51.1 Å². The van der Waals surface area contributed by atoms with Crippen molar-refractivity contribution < 1.29 is 0 Å². The van der Waals surface area contributed by atoms with Crippen molar-refractivity contribution in [3.8, 4) is 0 Å². The fraction of sp³-hybridized carbons (Fsp3) is 0.471. The molecule has 1 heterocycles. The molecule has 100 valence electrons. The number of pyridine rings is 1. The molecule has 0 bridgehead atoms. The van der Waals surface area contributed by atoms with E-state index in [1.165, 1.54) is 54.9 Å². The van der Waals surface area contributed by atoms with Gasteiger partial charge in [0.05, 0.1) is 0 Å². The Bertz CT molecular complexity index is 528. The van der Waals surface area contributed by atoms with Crippen LogP contribution in [0.3, 0.4) is 0 Å². The van der Waals surface area contributed by atoms with E-state index in [0.717, 1.165) is 12.6 Å². The monoisotopic (exact) mass is 254 g/mol. The summed E-state index contributed by atoms with van der Waals surface area (Å²) >= 11 is 0. The standard InChI is InChI=1S/C17H22N2/c1-2-4-6-17(5-3-1)19-12-14-7-8-16-13-18-10-9-15(16)11-14/h7-11,13,17,19H,1-6,12H2. The zero-order valence-corrected chi connectivity index (χ0v) is 11.4. The van der Waals surface area contributed by atoms with Crippen LogP contribution < -0.4 is 5.32 Å². The van der Waals surface area contributed by atoms with Crippen molar-refractivity contribution in [2.75, 3.05) is 0 Å². The summed E-state index contributed by atoms with van der Waals surface area (Å²) in [6.45, 7) is 0.989. The van der Waals surface area contributed by atoms with E-state index < -0.39 is 0 Å². The van der Waals surface area contributed by atoms with Crippen LogP contribution in [-0.2, 0) is 6.54 Å². The first-order chi connectivity index (χ1) is 9.42. The van der Waals surface area contributed by atoms with Crippen LogP contribution in [-0.4, -0.2) is 11.0 Å². The summed E-state index contributed by atoms with van der Waals surface area (Å²) < 4.78 is 0. The molecule has 1 aromatic heterocycles. The van der Waals surface area contributed by atoms with Crippen molar-refractivity contribution in [1.82, 2.24) is 10.3 Å². The van der Waals surface area contributed by atoms with Crippen molar-refractivity contribution in [3.05, 3.63) is 42.2 Å². The number of hydrogen-bond donors (Lipinski definition) is 1. The number of rotatable bonds is 3. The van der Waals surface area contributed by atoms with Gasteiger partial charge in [-0.2, -0.15) is 0 Å². The maximum Gasteiger partial charge on any atom is 0.0346 e. The van der Waals surface area contributed by atoms with Crippen molar-refractivity contribution in [2.24, 2.45) is 0 Å². The molecule has 0 radical (unpaired) electrons. The Morgan fingerprint density at radius 1 is 1.00 bits per heavy atom. The van der Waals surface area contributed by atoms with E-state index in [0.29, 0.717) is 0 Å². The van der Waals surface area contributed by atoms with E-state index in [-0.39, 0.29) is 0 Å². The number of nitrogens with one attached hydrogen (secondary N) is 1. The lowest BCUT2D eigenvalue weighted by molar-refractivity contribution is 0.459. The van der Waals surface area contributed by atoms with Crippen molar-refractivity contribution in [1.29, 1.82) is 0 Å². The smallest absolute Gasteiger partial charge is 0.0346 e. The molecule has 0 atom stereocenters. The molecule has 1 N–H and O–H groups in total. The molecule has 19 heavy (non-hydrogen) atoms. The fourth-order valence-corrected chi connectivity index (χ4v) is 2.99. The lowest BCUT2D eigenvalue weighted by Crippen LogP contribution is -2.27. The van der Waals surface area contributed by atoms with Crippen molar-refractivity contribution in [3.63, 3.8) is 0 Å². The Hall–Kier alpha value is -1.41. The normalized spacial score (nSPS) is 17.5. The van der Waals surface area contributed by atoms with Crippen LogP contribution in [0.5, 0.6) is 0 Å². The van der Waals surface area contributed by atoms with Gasteiger partial charge in [-0.3, -0.25) is 4.98 Å². The molecular formula is C17H22N2. The third-order valence-corrected chi connectivity index (χ3v) is 4.16. The second kappa shape index (κ2) is 6.16. The third-order valence-electron chi connectivity index (χ3n) is 4.16. The molecule has 2 nitrogen and oxygen atoms in total. The number of benzene rings is 1. The van der Waals surface area contributed by atoms with Crippen LogP contribution in [0.15, 0.2) is 36.7 Å². The SMILES string of the molecule is c1cc2cc(CNC3CCCCCC3)ccc2cn1. The highest BCUT2D eigenvalue weighted by molar-refractivity contribution is 5.81. The van der Waals surface area contributed by atoms with Gasteiger partial charge in [0.25, 0.3) is 0 Å². The fourth-order valence-electron chi connectivity index (χ4n) is 2.99. The van der Waals surface area contributed by atoms with Crippen LogP contribution in [0.1, 0.15) is 44.1 Å². The zero-order valence-electron chi connectivity index (χ0n) is 11.4.